The van der Waals surface area contributed by atoms with Crippen LogP contribution in [0.2, 0.25) is 0 Å². The Labute approximate surface area is 278 Å². The monoisotopic (exact) mass is 620 g/mol. The lowest BCUT2D eigenvalue weighted by atomic mass is 9.84. The highest BCUT2D eigenvalue weighted by Gasteiger charge is 2.26. The SMILES string of the molecule is CC1(C)CSC(c2cncc(-c3ccc4c(-c5ccc6ccccc6c5)c5ccccc5c(-c5ccc6ccccc6c5)c4c3)c2)=N1. The first-order chi connectivity index (χ1) is 23.0. The van der Waals surface area contributed by atoms with Crippen molar-refractivity contribution in [3.63, 3.8) is 0 Å². The number of benzene rings is 7. The van der Waals surface area contributed by atoms with E-state index in [1.165, 1.54) is 65.3 Å². The first-order valence-electron chi connectivity index (χ1n) is 16.2. The average Bonchev–Trinajstić information content (AvgIpc) is 3.49. The van der Waals surface area contributed by atoms with Gasteiger partial charge in [0, 0.05) is 29.3 Å². The van der Waals surface area contributed by atoms with Crippen LogP contribution in [0.1, 0.15) is 19.4 Å². The molecule has 0 saturated carbocycles. The largest absolute Gasteiger partial charge is 0.271 e. The molecule has 0 fully saturated rings. The lowest BCUT2D eigenvalue weighted by molar-refractivity contribution is 0.605. The van der Waals surface area contributed by atoms with E-state index in [0.717, 1.165) is 27.5 Å². The zero-order valence-corrected chi connectivity index (χ0v) is 27.2. The molecule has 0 spiro atoms. The summed E-state index contributed by atoms with van der Waals surface area (Å²) in [7, 11) is 0. The molecule has 8 aromatic rings. The molecule has 2 heterocycles. The summed E-state index contributed by atoms with van der Waals surface area (Å²) < 4.78 is 0. The quantitative estimate of drug-likeness (QED) is 0.183. The zero-order valence-electron chi connectivity index (χ0n) is 26.4. The van der Waals surface area contributed by atoms with Gasteiger partial charge in [-0.05, 0) is 109 Å². The summed E-state index contributed by atoms with van der Waals surface area (Å²) in [6.07, 6.45) is 3.93. The first-order valence-corrected chi connectivity index (χ1v) is 17.1. The maximum Gasteiger partial charge on any atom is 0.1000 e. The summed E-state index contributed by atoms with van der Waals surface area (Å²) >= 11 is 1.82. The van der Waals surface area contributed by atoms with Crippen molar-refractivity contribution in [1.82, 2.24) is 4.98 Å². The maximum absolute atomic E-state index is 4.99. The number of pyridine rings is 1. The van der Waals surface area contributed by atoms with Crippen molar-refractivity contribution >= 4 is 59.9 Å². The Morgan fingerprint density at radius 3 is 1.62 bits per heavy atom. The molecule has 0 amide bonds. The predicted octanol–water partition coefficient (Wildman–Crippen LogP) is 12.0. The number of rotatable bonds is 4. The Bertz CT molecular complexity index is 2560. The summed E-state index contributed by atoms with van der Waals surface area (Å²) in [5.41, 5.74) is 8.26. The van der Waals surface area contributed by atoms with Crippen LogP contribution in [0.25, 0.3) is 76.5 Å². The van der Waals surface area contributed by atoms with Crippen molar-refractivity contribution in [3.8, 4) is 33.4 Å². The number of thioether (sulfide) groups is 1. The molecule has 3 heteroatoms. The van der Waals surface area contributed by atoms with E-state index in [0.29, 0.717) is 0 Å². The minimum absolute atomic E-state index is 0.0477. The molecule has 1 aromatic heterocycles. The van der Waals surface area contributed by atoms with Crippen LogP contribution in [0.3, 0.4) is 0 Å². The number of aliphatic imine (C=N–C) groups is 1. The van der Waals surface area contributed by atoms with Gasteiger partial charge in [-0.25, -0.2) is 0 Å². The molecule has 0 N–H and O–H groups in total. The van der Waals surface area contributed by atoms with Crippen LogP contribution in [0.5, 0.6) is 0 Å². The minimum atomic E-state index is -0.0477. The Morgan fingerprint density at radius 2 is 1.00 bits per heavy atom. The first kappa shape index (κ1) is 28.0. The van der Waals surface area contributed by atoms with Crippen LogP contribution in [0, 0.1) is 0 Å². The number of aromatic nitrogens is 1. The van der Waals surface area contributed by atoms with Gasteiger partial charge in [-0.3, -0.25) is 9.98 Å². The molecule has 47 heavy (non-hydrogen) atoms. The molecule has 224 valence electrons. The van der Waals surface area contributed by atoms with Crippen LogP contribution in [0.15, 0.2) is 151 Å². The molecule has 0 atom stereocenters. The molecule has 0 saturated heterocycles. The minimum Gasteiger partial charge on any atom is -0.271 e. The summed E-state index contributed by atoms with van der Waals surface area (Å²) in [6, 6.07) is 49.1. The van der Waals surface area contributed by atoms with E-state index in [9.17, 15) is 0 Å². The van der Waals surface area contributed by atoms with E-state index in [4.69, 9.17) is 9.98 Å². The van der Waals surface area contributed by atoms with Crippen molar-refractivity contribution in [2.24, 2.45) is 4.99 Å². The van der Waals surface area contributed by atoms with Gasteiger partial charge in [-0.15, -0.1) is 11.8 Å². The van der Waals surface area contributed by atoms with Gasteiger partial charge in [0.1, 0.15) is 0 Å². The second kappa shape index (κ2) is 10.9. The van der Waals surface area contributed by atoms with Crippen molar-refractivity contribution in [2.45, 2.75) is 19.4 Å². The van der Waals surface area contributed by atoms with Crippen molar-refractivity contribution in [3.05, 3.63) is 151 Å². The van der Waals surface area contributed by atoms with Crippen LogP contribution in [0.4, 0.5) is 0 Å². The van der Waals surface area contributed by atoms with E-state index in [1.807, 2.05) is 24.2 Å². The van der Waals surface area contributed by atoms with E-state index < -0.39 is 0 Å². The van der Waals surface area contributed by atoms with Gasteiger partial charge in [-0.1, -0.05) is 109 Å². The lowest BCUT2D eigenvalue weighted by Gasteiger charge is -2.19. The number of hydrogen-bond acceptors (Lipinski definition) is 3. The molecule has 0 radical (unpaired) electrons. The Morgan fingerprint density at radius 1 is 0.468 bits per heavy atom. The van der Waals surface area contributed by atoms with Crippen LogP contribution in [-0.2, 0) is 0 Å². The summed E-state index contributed by atoms with van der Waals surface area (Å²) in [5.74, 6) is 0.988. The molecular formula is C44H32N2S. The third-order valence-corrected chi connectivity index (χ3v) is 10.8. The molecule has 9 rings (SSSR count). The molecule has 7 aromatic carbocycles. The fraction of sp³-hybridized carbons (Fsp3) is 0.0909. The lowest BCUT2D eigenvalue weighted by Crippen LogP contribution is -2.15. The van der Waals surface area contributed by atoms with Gasteiger partial charge in [0.25, 0.3) is 0 Å². The molecular weight excluding hydrogens is 589 g/mol. The highest BCUT2D eigenvalue weighted by molar-refractivity contribution is 8.14. The Balaban J connectivity index is 1.34. The van der Waals surface area contributed by atoms with E-state index in [1.54, 1.807) is 0 Å². The average molecular weight is 621 g/mol. The van der Waals surface area contributed by atoms with Crippen LogP contribution >= 0.6 is 11.8 Å². The molecule has 0 aliphatic carbocycles. The van der Waals surface area contributed by atoms with Gasteiger partial charge < -0.3 is 0 Å². The number of fused-ring (bicyclic) bond motifs is 4. The summed E-state index contributed by atoms with van der Waals surface area (Å²) in [5, 5.41) is 11.0. The highest BCUT2D eigenvalue weighted by Crippen LogP contribution is 2.45. The second-order valence-corrected chi connectivity index (χ2v) is 14.1. The second-order valence-electron chi connectivity index (χ2n) is 13.2. The third-order valence-electron chi connectivity index (χ3n) is 9.39. The van der Waals surface area contributed by atoms with Crippen molar-refractivity contribution in [2.75, 3.05) is 5.75 Å². The molecule has 0 unspecified atom stereocenters. The number of nitrogens with zero attached hydrogens (tertiary/aromatic N) is 2. The van der Waals surface area contributed by atoms with Crippen molar-refractivity contribution in [1.29, 1.82) is 0 Å². The van der Waals surface area contributed by atoms with Gasteiger partial charge in [-0.2, -0.15) is 0 Å². The predicted molar refractivity (Wildman–Crippen MR) is 204 cm³/mol. The van der Waals surface area contributed by atoms with E-state index in [-0.39, 0.29) is 5.54 Å². The number of hydrogen-bond donors (Lipinski definition) is 0. The summed E-state index contributed by atoms with van der Waals surface area (Å²) in [6.45, 7) is 4.39. The zero-order chi connectivity index (χ0) is 31.5. The normalized spacial score (nSPS) is 14.3. The van der Waals surface area contributed by atoms with Crippen LogP contribution in [-0.4, -0.2) is 21.3 Å². The molecule has 2 nitrogen and oxygen atoms in total. The maximum atomic E-state index is 4.99. The molecule has 1 aliphatic rings. The molecule has 1 aliphatic heterocycles. The van der Waals surface area contributed by atoms with Gasteiger partial charge in [0.2, 0.25) is 0 Å². The molecule has 0 bridgehead atoms. The Kier molecular flexibility index (Phi) is 6.51. The fourth-order valence-corrected chi connectivity index (χ4v) is 8.26. The van der Waals surface area contributed by atoms with Gasteiger partial charge >= 0.3 is 0 Å². The standard InChI is InChI=1S/C44H32N2S/c1-44(2)27-47-43(46-44)36-23-35(25-45-26-36)32-19-20-39-40(24-32)42(34-18-16-29-10-4-6-12-31(29)22-34)38-14-8-7-13-37(38)41(39)33-17-15-28-9-3-5-11-30(28)21-33/h3-26H,27H2,1-2H3. The topological polar surface area (TPSA) is 25.2 Å². The van der Waals surface area contributed by atoms with E-state index >= 15 is 0 Å². The van der Waals surface area contributed by atoms with E-state index in [2.05, 4.69) is 147 Å². The highest BCUT2D eigenvalue weighted by atomic mass is 32.2. The van der Waals surface area contributed by atoms with Crippen molar-refractivity contribution < 1.29 is 0 Å². The van der Waals surface area contributed by atoms with Gasteiger partial charge in [0.15, 0.2) is 0 Å². The van der Waals surface area contributed by atoms with Gasteiger partial charge in [0.05, 0.1) is 10.6 Å². The Hall–Kier alpha value is -5.25. The third kappa shape index (κ3) is 4.90. The fourth-order valence-electron chi connectivity index (χ4n) is 7.12. The van der Waals surface area contributed by atoms with Crippen LogP contribution < -0.4 is 0 Å². The smallest absolute Gasteiger partial charge is 0.1000 e. The summed E-state index contributed by atoms with van der Waals surface area (Å²) in [4.78, 5) is 9.69.